The second-order valence-corrected chi connectivity index (χ2v) is 28.0. The Bertz CT molecular complexity index is 3630. The van der Waals surface area contributed by atoms with Crippen molar-refractivity contribution in [2.24, 2.45) is 5.73 Å². The smallest absolute Gasteiger partial charge is 0.317 e. The van der Waals surface area contributed by atoms with Crippen molar-refractivity contribution in [1.82, 2.24) is 67.1 Å². The molecule has 0 spiro atoms. The first-order valence-electron chi connectivity index (χ1n) is 33.8. The maximum atomic E-state index is 15.5. The molecule has 10 atom stereocenters. The molecule has 2 fully saturated rings. The van der Waals surface area contributed by atoms with Crippen LogP contribution in [0.1, 0.15) is 49.8 Å². The number of nitrogens with one attached hydrogen (secondary N) is 9. The number of aromatic amines is 1. The van der Waals surface area contributed by atoms with E-state index in [0.29, 0.717) is 34.0 Å². The van der Waals surface area contributed by atoms with Gasteiger partial charge in [-0.05, 0) is 73.2 Å². The van der Waals surface area contributed by atoms with E-state index in [4.69, 9.17) is 5.73 Å². The van der Waals surface area contributed by atoms with Crippen LogP contribution in [0.2, 0.25) is 0 Å². The number of carboxylic acid groups (broad SMARTS) is 3. The van der Waals surface area contributed by atoms with E-state index in [0.717, 1.165) is 32.4 Å². The Hall–Kier alpha value is -8.77. The first-order chi connectivity index (χ1) is 48.9. The average Bonchev–Trinajstić information content (AvgIpc) is 1.51. The summed E-state index contributed by atoms with van der Waals surface area (Å²) in [6.45, 7) is 1.21. The molecule has 102 heavy (non-hydrogen) atoms. The number of aliphatic carboxylic acids is 3. The Morgan fingerprint density at radius 3 is 1.67 bits per heavy atom. The molecular formula is C69H94N14O17S2. The Labute approximate surface area is 597 Å². The second-order valence-electron chi connectivity index (χ2n) is 25.4. The Morgan fingerprint density at radius 1 is 0.569 bits per heavy atom. The van der Waals surface area contributed by atoms with E-state index in [1.165, 1.54) is 13.8 Å². The molecule has 31 nitrogen and oxygen atoms in total. The number of H-pyrrole nitrogens is 1. The molecular weight excluding hydrogens is 1360 g/mol. The normalized spacial score (nSPS) is 21.8. The van der Waals surface area contributed by atoms with Gasteiger partial charge in [0.15, 0.2) is 0 Å². The largest absolute Gasteiger partial charge is 0.480 e. The number of nitrogens with two attached hydrogens (primary N) is 1. The van der Waals surface area contributed by atoms with E-state index in [9.17, 15) is 64.2 Å². The third kappa shape index (κ3) is 25.6. The van der Waals surface area contributed by atoms with Gasteiger partial charge >= 0.3 is 17.9 Å². The number of nitrogens with zero attached hydrogens (tertiary/aromatic N) is 4. The predicted molar refractivity (Wildman–Crippen MR) is 382 cm³/mol. The summed E-state index contributed by atoms with van der Waals surface area (Å²) in [4.78, 5) is 165. The highest BCUT2D eigenvalue weighted by atomic mass is 33.1. The van der Waals surface area contributed by atoms with Gasteiger partial charge in [0.25, 0.3) is 0 Å². The standard InChI is InChI=1S/C69H94N14O17S2/c1-42(85)55(39-84)76-68(99)57-41-102-101-40-56(77-64(95)52(31-44-13-4-3-5-14-44)72-58(87)35-80-23-25-81(36-59(88)89)27-29-83(38-61(92)93)30-28-82(26-24-80)37-60(90)91)67(98)75-53(32-46-17-12-16-45-15-6-7-18-48(45)46)66(97)74-54(33-47-34-71-50-20-9-8-19-49(47)50)65(96)73-51(21-10-11-22-70)63(94)79-62(43(2)86)69(100)78-57/h3-9,12-20,34,42-43,51-57,62,71,84-86H,10-11,21-33,35-41,70H2,1-2H3,(H,72,87)(H,73,96)(H,74,97)(H,75,98)(H,76,99)(H,77,95)(H,78,100)(H,79,94)(H,88,89)(H,90,91)(H,92,93)/t42-,43-,51?,52-,53+,54-,55-,56?,57+,62+/m1/s1. The lowest BCUT2D eigenvalue weighted by molar-refractivity contribution is -0.140. The zero-order chi connectivity index (χ0) is 73.8. The number of para-hydroxylation sites is 1. The summed E-state index contributed by atoms with van der Waals surface area (Å²) >= 11 is 0. The van der Waals surface area contributed by atoms with Crippen molar-refractivity contribution in [1.29, 1.82) is 0 Å². The minimum absolute atomic E-state index is 0.0399. The highest BCUT2D eigenvalue weighted by Crippen LogP contribution is 2.26. The highest BCUT2D eigenvalue weighted by molar-refractivity contribution is 8.76. The van der Waals surface area contributed by atoms with Crippen molar-refractivity contribution in [2.75, 3.05) is 103 Å². The number of hydrogen-bond acceptors (Lipinski definition) is 21. The van der Waals surface area contributed by atoms with Crippen molar-refractivity contribution in [2.45, 2.75) is 113 Å². The number of aliphatic hydroxyl groups is 3. The van der Waals surface area contributed by atoms with Crippen molar-refractivity contribution >= 4 is 108 Å². The molecule has 2 aliphatic heterocycles. The molecule has 1 aromatic heterocycles. The SMILES string of the molecule is C[C@@H](O)[C@@H]1NC(=O)C(CCCCN)NC(=O)[C@@H](Cc2c[nH]c3ccccc23)NC(=O)[C@H](Cc2cccc3ccccc23)NC(=O)C(NC(=O)[C@@H](Cc2ccccc2)NC(=O)CN2CCN(CC(=O)O)CCN(CC(=O)O)CCN(CC(=O)O)CC2)CSSC[C@@H](C(=O)N[C@H](CO)[C@@H](C)O)NC1=O. The number of hydrogen-bond donors (Lipinski definition) is 16. The quantitative estimate of drug-likeness (QED) is 0.0210. The van der Waals surface area contributed by atoms with E-state index >= 15 is 19.2 Å². The third-order valence-corrected chi connectivity index (χ3v) is 20.0. The van der Waals surface area contributed by atoms with Gasteiger partial charge < -0.3 is 83.9 Å². The zero-order valence-corrected chi connectivity index (χ0v) is 58.6. The molecule has 17 N–H and O–H groups in total. The van der Waals surface area contributed by atoms with Crippen molar-refractivity contribution in [3.63, 3.8) is 0 Å². The monoisotopic (exact) mass is 1450 g/mol. The van der Waals surface area contributed by atoms with Crippen molar-refractivity contribution in [3.8, 4) is 0 Å². The van der Waals surface area contributed by atoms with Crippen molar-refractivity contribution in [3.05, 3.63) is 120 Å². The van der Waals surface area contributed by atoms with Crippen LogP contribution in [0.15, 0.2) is 103 Å². The molecule has 8 amide bonds. The van der Waals surface area contributed by atoms with Crippen LogP contribution >= 0.6 is 21.6 Å². The maximum absolute atomic E-state index is 15.5. The van der Waals surface area contributed by atoms with Crippen LogP contribution in [0, 0.1) is 0 Å². The number of aliphatic hydroxyl groups excluding tert-OH is 3. The number of amides is 8. The Balaban J connectivity index is 1.28. The lowest BCUT2D eigenvalue weighted by Gasteiger charge is -2.33. The molecule has 4 aromatic carbocycles. The molecule has 0 saturated carbocycles. The van der Waals surface area contributed by atoms with E-state index in [-0.39, 0.29) is 109 Å². The number of aromatic nitrogens is 1. The summed E-state index contributed by atoms with van der Waals surface area (Å²) in [6.07, 6.45) is -1.11. The number of carbonyl (C=O) groups excluding carboxylic acids is 8. The minimum Gasteiger partial charge on any atom is -0.480 e. The van der Waals surface area contributed by atoms with Gasteiger partial charge in [0.2, 0.25) is 47.3 Å². The molecule has 0 bridgehead atoms. The fourth-order valence-electron chi connectivity index (χ4n) is 11.9. The van der Waals surface area contributed by atoms with Crippen LogP contribution in [0.3, 0.4) is 0 Å². The predicted octanol–water partition coefficient (Wildman–Crippen LogP) is -2.02. The fourth-order valence-corrected chi connectivity index (χ4v) is 14.2. The summed E-state index contributed by atoms with van der Waals surface area (Å²) in [7, 11) is 1.86. The molecule has 2 saturated heterocycles. The number of unbranched alkanes of at least 4 members (excludes halogenated alkanes) is 1. The molecule has 5 aromatic rings. The molecule has 0 aliphatic carbocycles. The van der Waals surface area contributed by atoms with E-state index < -0.39 is 152 Å². The number of benzene rings is 4. The van der Waals surface area contributed by atoms with Gasteiger partial charge in [-0.25, -0.2) is 0 Å². The lowest BCUT2D eigenvalue weighted by Crippen LogP contribution is -2.62. The lowest BCUT2D eigenvalue weighted by atomic mass is 9.97. The Morgan fingerprint density at radius 2 is 1.09 bits per heavy atom. The minimum atomic E-state index is -1.76. The maximum Gasteiger partial charge on any atom is 0.317 e. The summed E-state index contributed by atoms with van der Waals surface area (Å²) in [6, 6.07) is 16.5. The molecule has 554 valence electrons. The van der Waals surface area contributed by atoms with Crippen LogP contribution < -0.4 is 48.3 Å². The number of rotatable bonds is 26. The van der Waals surface area contributed by atoms with Crippen LogP contribution in [0.4, 0.5) is 0 Å². The molecule has 33 heteroatoms. The summed E-state index contributed by atoms with van der Waals surface area (Å²) < 4.78 is 0. The number of carboxylic acids is 3. The van der Waals surface area contributed by atoms with E-state index in [2.05, 4.69) is 47.5 Å². The third-order valence-electron chi connectivity index (χ3n) is 17.5. The van der Waals surface area contributed by atoms with Crippen molar-refractivity contribution < 1.29 is 83.4 Å². The van der Waals surface area contributed by atoms with Gasteiger partial charge in [-0.1, -0.05) is 113 Å². The molecule has 0 radical (unpaired) electrons. The first-order valence-corrected chi connectivity index (χ1v) is 36.3. The van der Waals surface area contributed by atoms with Gasteiger partial charge in [0, 0.05) is 100 Å². The molecule has 3 heterocycles. The topological polar surface area (TPSA) is 460 Å². The van der Waals surface area contributed by atoms with Crippen LogP contribution in [0.5, 0.6) is 0 Å². The summed E-state index contributed by atoms with van der Waals surface area (Å²) in [5, 5.41) is 85.1. The van der Waals surface area contributed by atoms with Gasteiger partial charge in [-0.15, -0.1) is 0 Å². The fraction of sp³-hybridized carbons (Fsp3) is 0.493. The van der Waals surface area contributed by atoms with Crippen LogP contribution in [-0.4, -0.2) is 284 Å². The average molecular weight is 1460 g/mol. The number of carbonyl (C=O) groups is 11. The molecule has 2 aliphatic rings. The summed E-state index contributed by atoms with van der Waals surface area (Å²) in [5.41, 5.74) is 8.32. The molecule has 2 unspecified atom stereocenters. The van der Waals surface area contributed by atoms with E-state index in [1.807, 2.05) is 42.5 Å². The van der Waals surface area contributed by atoms with Crippen LogP contribution in [0.25, 0.3) is 21.7 Å². The molecule has 7 rings (SSSR count). The van der Waals surface area contributed by atoms with Gasteiger partial charge in [-0.2, -0.15) is 0 Å². The van der Waals surface area contributed by atoms with Gasteiger partial charge in [-0.3, -0.25) is 72.3 Å². The highest BCUT2D eigenvalue weighted by Gasteiger charge is 2.38. The first kappa shape index (κ1) is 80.5. The van der Waals surface area contributed by atoms with E-state index in [1.54, 1.807) is 80.4 Å². The van der Waals surface area contributed by atoms with Crippen LogP contribution in [-0.2, 0) is 72.0 Å². The zero-order valence-electron chi connectivity index (χ0n) is 57.0. The van der Waals surface area contributed by atoms with Gasteiger partial charge in [0.05, 0.1) is 51.0 Å². The second kappa shape index (κ2) is 40.8. The Kier molecular flexibility index (Phi) is 32.2. The summed E-state index contributed by atoms with van der Waals surface area (Å²) in [5.74, 6) is -11.3. The number of fused-ring (bicyclic) bond motifs is 2. The van der Waals surface area contributed by atoms with Gasteiger partial charge in [0.1, 0.15) is 42.3 Å².